The maximum Gasteiger partial charge on any atom is 0.349 e. The number of fused-ring (bicyclic) bond motifs is 1. The van der Waals surface area contributed by atoms with Crippen LogP contribution in [-0.4, -0.2) is 73.2 Å². The van der Waals surface area contributed by atoms with Crippen molar-refractivity contribution >= 4 is 52.4 Å². The topological polar surface area (TPSA) is 219 Å². The summed E-state index contributed by atoms with van der Waals surface area (Å²) in [7, 11) is 2.44. The molecule has 0 aliphatic heterocycles. The molecule has 0 heterocycles. The largest absolute Gasteiger partial charge is 0.493 e. The lowest BCUT2D eigenvalue weighted by atomic mass is 10.0. The molecule has 0 unspecified atom stereocenters. The molecule has 3 N–H and O–H groups in total. The van der Waals surface area contributed by atoms with Crippen molar-refractivity contribution in [1.82, 2.24) is 10.9 Å². The predicted molar refractivity (Wildman–Crippen MR) is 174 cm³/mol. The van der Waals surface area contributed by atoms with Gasteiger partial charge in [0, 0.05) is 19.4 Å². The van der Waals surface area contributed by atoms with Crippen LogP contribution < -0.4 is 29.8 Å². The first-order valence-corrected chi connectivity index (χ1v) is 14.8. The number of rotatable bonds is 12. The number of nitrogens with one attached hydrogen (secondary N) is 2. The van der Waals surface area contributed by atoms with Crippen LogP contribution in [-0.2, 0) is 28.7 Å². The molecule has 2 amide bonds. The highest BCUT2D eigenvalue weighted by Gasteiger charge is 2.41. The molecular weight excluding hydrogens is 672 g/mol. The van der Waals surface area contributed by atoms with E-state index in [0.717, 1.165) is 38.1 Å². The van der Waals surface area contributed by atoms with Crippen molar-refractivity contribution < 1.29 is 67.1 Å². The van der Waals surface area contributed by atoms with Crippen LogP contribution >= 0.6 is 0 Å². The standard InChI is InChI=1S/C35H30N2O14/c1-18(38)48-25-14-12-21(16-27(25)46-3)34(44)50-29(32(41)37-36-31(40)24-11-7-9-20-8-5-6-10-23(20)24)30(33(42)43)51-35(45)22-13-15-26(49-19(2)39)28(17-22)47-4/h5-17,29-30H,1-4H3,(H,36,40)(H,37,41)(H,42,43)/t29-,30+/m1/s1. The Morgan fingerprint density at radius 2 is 1.12 bits per heavy atom. The molecule has 4 aromatic rings. The summed E-state index contributed by atoms with van der Waals surface area (Å²) in [4.78, 5) is 88.5. The van der Waals surface area contributed by atoms with E-state index in [4.69, 9.17) is 28.4 Å². The molecule has 264 valence electrons. The summed E-state index contributed by atoms with van der Waals surface area (Å²) in [6.45, 7) is 2.28. The number of amides is 2. The first-order valence-electron chi connectivity index (χ1n) is 14.8. The Labute approximate surface area is 289 Å². The van der Waals surface area contributed by atoms with Gasteiger partial charge in [0.05, 0.1) is 25.3 Å². The Bertz CT molecular complexity index is 2020. The summed E-state index contributed by atoms with van der Waals surface area (Å²) in [6.07, 6.45) is -4.90. The van der Waals surface area contributed by atoms with Gasteiger partial charge in [0.15, 0.2) is 23.0 Å². The number of aliphatic carboxylic acids is 1. The summed E-state index contributed by atoms with van der Waals surface area (Å²) in [5.74, 6) is -8.38. The van der Waals surface area contributed by atoms with E-state index < -0.39 is 53.9 Å². The second kappa shape index (κ2) is 16.4. The number of methoxy groups -OCH3 is 2. The molecule has 2 atom stereocenters. The average Bonchev–Trinajstić information content (AvgIpc) is 3.11. The number of carbonyl (C=O) groups is 7. The highest BCUT2D eigenvalue weighted by atomic mass is 16.6. The van der Waals surface area contributed by atoms with E-state index >= 15 is 0 Å². The van der Waals surface area contributed by atoms with E-state index in [0.29, 0.717) is 10.8 Å². The lowest BCUT2D eigenvalue weighted by Gasteiger charge is -2.24. The summed E-state index contributed by atoms with van der Waals surface area (Å²) < 4.78 is 30.7. The smallest absolute Gasteiger partial charge is 0.349 e. The van der Waals surface area contributed by atoms with E-state index in [1.807, 2.05) is 5.43 Å². The Kier molecular flexibility index (Phi) is 11.9. The molecule has 51 heavy (non-hydrogen) atoms. The van der Waals surface area contributed by atoms with Crippen LogP contribution in [0.15, 0.2) is 78.9 Å². The van der Waals surface area contributed by atoms with Crippen molar-refractivity contribution in [3.8, 4) is 23.0 Å². The molecule has 0 saturated heterocycles. The van der Waals surface area contributed by atoms with Crippen molar-refractivity contribution in [1.29, 1.82) is 0 Å². The van der Waals surface area contributed by atoms with Crippen LogP contribution in [0, 0.1) is 0 Å². The molecule has 0 aliphatic carbocycles. The fraction of sp³-hybridized carbons (Fsp3) is 0.171. The van der Waals surface area contributed by atoms with Gasteiger partial charge in [-0.3, -0.25) is 30.0 Å². The lowest BCUT2D eigenvalue weighted by Crippen LogP contribution is -2.54. The molecule has 0 aliphatic rings. The van der Waals surface area contributed by atoms with Crippen molar-refractivity contribution in [3.63, 3.8) is 0 Å². The summed E-state index contributed by atoms with van der Waals surface area (Å²) in [5.41, 5.74) is 3.74. The van der Waals surface area contributed by atoms with Gasteiger partial charge in [-0.05, 0) is 53.2 Å². The van der Waals surface area contributed by atoms with Gasteiger partial charge >= 0.3 is 29.8 Å². The molecule has 0 fully saturated rings. The van der Waals surface area contributed by atoms with Gasteiger partial charge in [-0.2, -0.15) is 0 Å². The van der Waals surface area contributed by atoms with Crippen LogP contribution in [0.3, 0.4) is 0 Å². The summed E-state index contributed by atoms with van der Waals surface area (Å²) >= 11 is 0. The lowest BCUT2D eigenvalue weighted by molar-refractivity contribution is -0.159. The molecule has 0 radical (unpaired) electrons. The third-order valence-corrected chi connectivity index (χ3v) is 6.88. The Hall–Kier alpha value is -6.97. The van der Waals surface area contributed by atoms with Gasteiger partial charge in [0.25, 0.3) is 11.8 Å². The van der Waals surface area contributed by atoms with Crippen molar-refractivity contribution in [2.75, 3.05) is 14.2 Å². The maximum atomic E-state index is 13.5. The van der Waals surface area contributed by atoms with E-state index in [1.165, 1.54) is 32.4 Å². The molecule has 4 rings (SSSR count). The third kappa shape index (κ3) is 9.14. The first-order chi connectivity index (χ1) is 24.3. The average molecular weight is 703 g/mol. The minimum Gasteiger partial charge on any atom is -0.493 e. The highest BCUT2D eigenvalue weighted by molar-refractivity contribution is 6.07. The minimum absolute atomic E-state index is 0.0559. The van der Waals surface area contributed by atoms with Crippen molar-refractivity contribution in [2.24, 2.45) is 0 Å². The molecule has 16 nitrogen and oxygen atoms in total. The van der Waals surface area contributed by atoms with Gasteiger partial charge in [-0.15, -0.1) is 0 Å². The normalized spacial score (nSPS) is 11.6. The summed E-state index contributed by atoms with van der Waals surface area (Å²) in [5, 5.41) is 11.4. The van der Waals surface area contributed by atoms with Crippen molar-refractivity contribution in [2.45, 2.75) is 26.1 Å². The van der Waals surface area contributed by atoms with E-state index in [9.17, 15) is 38.7 Å². The van der Waals surface area contributed by atoms with E-state index in [-0.39, 0.29) is 39.7 Å². The monoisotopic (exact) mass is 702 g/mol. The van der Waals surface area contributed by atoms with E-state index in [2.05, 4.69) is 5.43 Å². The quantitative estimate of drug-likeness (QED) is 0.110. The fourth-order valence-corrected chi connectivity index (χ4v) is 4.61. The molecular formula is C35H30N2O14. The number of hydrogen-bond acceptors (Lipinski definition) is 13. The zero-order chi connectivity index (χ0) is 37.2. The molecule has 0 aromatic heterocycles. The Morgan fingerprint density at radius 1 is 0.608 bits per heavy atom. The Balaban J connectivity index is 1.65. The molecule has 4 aromatic carbocycles. The van der Waals surface area contributed by atoms with Gasteiger partial charge in [0.1, 0.15) is 0 Å². The predicted octanol–water partition coefficient (Wildman–Crippen LogP) is 3.00. The number of benzene rings is 4. The number of hydrazine groups is 1. The fourth-order valence-electron chi connectivity index (χ4n) is 4.61. The van der Waals surface area contributed by atoms with Gasteiger partial charge < -0.3 is 33.5 Å². The Morgan fingerprint density at radius 3 is 1.63 bits per heavy atom. The number of esters is 4. The number of carboxylic acids is 1. The molecule has 0 saturated carbocycles. The van der Waals surface area contributed by atoms with Crippen LogP contribution in [0.4, 0.5) is 0 Å². The van der Waals surface area contributed by atoms with Crippen LogP contribution in [0.25, 0.3) is 10.8 Å². The molecule has 16 heteroatoms. The number of carboxylic acid groups (broad SMARTS) is 1. The summed E-state index contributed by atoms with van der Waals surface area (Å²) in [6, 6.07) is 18.6. The highest BCUT2D eigenvalue weighted by Crippen LogP contribution is 2.30. The van der Waals surface area contributed by atoms with Gasteiger partial charge in [-0.1, -0.05) is 36.4 Å². The van der Waals surface area contributed by atoms with Crippen LogP contribution in [0.2, 0.25) is 0 Å². The number of carbonyl (C=O) groups excluding carboxylic acids is 6. The van der Waals surface area contributed by atoms with Crippen LogP contribution in [0.1, 0.15) is 44.9 Å². The molecule has 0 spiro atoms. The van der Waals surface area contributed by atoms with Crippen molar-refractivity contribution in [3.05, 3.63) is 95.6 Å². The zero-order valence-electron chi connectivity index (χ0n) is 27.4. The maximum absolute atomic E-state index is 13.5. The van der Waals surface area contributed by atoms with Gasteiger partial charge in [0.2, 0.25) is 12.2 Å². The number of ether oxygens (including phenoxy) is 6. The second-order valence-corrected chi connectivity index (χ2v) is 10.4. The SMILES string of the molecule is COc1cc(C(=O)O[C@H](C(=O)O)[C@@H](OC(=O)c2ccc(OC(C)=O)c(OC)c2)C(=O)NNC(=O)c2cccc3ccccc23)ccc1OC(C)=O. The molecule has 0 bridgehead atoms. The van der Waals surface area contributed by atoms with E-state index in [1.54, 1.807) is 36.4 Å². The van der Waals surface area contributed by atoms with Crippen LogP contribution in [0.5, 0.6) is 23.0 Å². The van der Waals surface area contributed by atoms with Gasteiger partial charge in [-0.25, -0.2) is 14.4 Å². The number of hydrogen-bond donors (Lipinski definition) is 3. The minimum atomic E-state index is -2.49. The first kappa shape index (κ1) is 36.9. The second-order valence-electron chi connectivity index (χ2n) is 10.4. The zero-order valence-corrected chi connectivity index (χ0v) is 27.4. The third-order valence-electron chi connectivity index (χ3n) is 6.88.